The van der Waals surface area contributed by atoms with E-state index < -0.39 is 11.6 Å². The van der Waals surface area contributed by atoms with Crippen molar-refractivity contribution >= 4 is 0 Å². The fraction of sp³-hybridized carbons (Fsp3) is 0.167. The molecule has 3 nitrogen and oxygen atoms in total. The van der Waals surface area contributed by atoms with E-state index in [1.165, 1.54) is 6.33 Å². The molecular weight excluding hydrogens is 226 g/mol. The molecule has 0 spiro atoms. The number of benzene rings is 1. The Morgan fingerprint density at radius 3 is 2.47 bits per heavy atom. The molecule has 2 aromatic rings. The normalized spacial score (nSPS) is 10.5. The first-order valence-corrected chi connectivity index (χ1v) is 5.15. The zero-order valence-electron chi connectivity index (χ0n) is 9.13. The summed E-state index contributed by atoms with van der Waals surface area (Å²) in [6.07, 6.45) is 1.66. The highest BCUT2D eigenvalue weighted by molar-refractivity contribution is 5.62. The molecule has 0 radical (unpaired) electrons. The molecule has 17 heavy (non-hydrogen) atoms. The second kappa shape index (κ2) is 4.45. The van der Waals surface area contributed by atoms with Crippen molar-refractivity contribution < 1.29 is 8.78 Å². The predicted molar refractivity (Wildman–Crippen MR) is 59.6 cm³/mol. The zero-order valence-corrected chi connectivity index (χ0v) is 9.13. The molecule has 5 heteroatoms. The third-order valence-electron chi connectivity index (χ3n) is 2.44. The van der Waals surface area contributed by atoms with Crippen molar-refractivity contribution in [3.8, 4) is 11.3 Å². The van der Waals surface area contributed by atoms with Crippen LogP contribution in [0.3, 0.4) is 0 Å². The summed E-state index contributed by atoms with van der Waals surface area (Å²) in [7, 11) is 0. The molecule has 1 aromatic carbocycles. The fourth-order valence-corrected chi connectivity index (χ4v) is 1.70. The van der Waals surface area contributed by atoms with Gasteiger partial charge in [0.15, 0.2) is 0 Å². The Balaban J connectivity index is 2.68. The topological polar surface area (TPSA) is 45.8 Å². The molecule has 0 aliphatic rings. The Bertz CT molecular complexity index is 587. The van der Waals surface area contributed by atoms with E-state index in [-0.39, 0.29) is 11.1 Å². The van der Waals surface area contributed by atoms with E-state index in [0.29, 0.717) is 17.7 Å². The van der Waals surface area contributed by atoms with Crippen LogP contribution in [0.1, 0.15) is 12.5 Å². The first-order valence-electron chi connectivity index (χ1n) is 5.15. The number of hydrogen-bond acceptors (Lipinski definition) is 2. The summed E-state index contributed by atoms with van der Waals surface area (Å²) in [5.74, 6) is -1.38. The third kappa shape index (κ3) is 2.22. The van der Waals surface area contributed by atoms with Gasteiger partial charge < -0.3 is 4.98 Å². The number of aromatic nitrogens is 2. The molecule has 2 rings (SSSR count). The van der Waals surface area contributed by atoms with Gasteiger partial charge in [-0.2, -0.15) is 0 Å². The van der Waals surface area contributed by atoms with Gasteiger partial charge in [0.05, 0.1) is 12.0 Å². The molecule has 88 valence electrons. The van der Waals surface area contributed by atoms with E-state index in [0.717, 1.165) is 18.2 Å². The van der Waals surface area contributed by atoms with Gasteiger partial charge in [-0.1, -0.05) is 6.92 Å². The van der Waals surface area contributed by atoms with Crippen LogP contribution >= 0.6 is 0 Å². The second-order valence-corrected chi connectivity index (χ2v) is 3.57. The number of nitrogens with zero attached hydrogens (tertiary/aromatic N) is 1. The summed E-state index contributed by atoms with van der Waals surface area (Å²) in [4.78, 5) is 17.9. The summed E-state index contributed by atoms with van der Waals surface area (Å²) in [5, 5.41) is 0. The van der Waals surface area contributed by atoms with Crippen molar-refractivity contribution in [2.24, 2.45) is 0 Å². The van der Waals surface area contributed by atoms with Crippen LogP contribution < -0.4 is 5.56 Å². The Kier molecular flexibility index (Phi) is 2.99. The van der Waals surface area contributed by atoms with E-state index in [4.69, 9.17) is 0 Å². The molecule has 1 heterocycles. The summed E-state index contributed by atoms with van der Waals surface area (Å²) < 4.78 is 26.2. The van der Waals surface area contributed by atoms with Gasteiger partial charge in [-0.15, -0.1) is 0 Å². The van der Waals surface area contributed by atoms with Crippen LogP contribution in [0.25, 0.3) is 11.3 Å². The number of nitrogens with one attached hydrogen (secondary N) is 1. The first kappa shape index (κ1) is 11.4. The molecule has 1 N–H and O–H groups in total. The minimum atomic E-state index is -0.691. The average molecular weight is 236 g/mol. The molecule has 0 unspecified atom stereocenters. The van der Waals surface area contributed by atoms with Gasteiger partial charge in [-0.3, -0.25) is 4.79 Å². The third-order valence-corrected chi connectivity index (χ3v) is 2.44. The van der Waals surface area contributed by atoms with Crippen LogP contribution in [0.2, 0.25) is 0 Å². The minimum Gasteiger partial charge on any atom is -0.313 e. The summed E-state index contributed by atoms with van der Waals surface area (Å²) in [6.45, 7) is 1.78. The van der Waals surface area contributed by atoms with E-state index >= 15 is 0 Å². The second-order valence-electron chi connectivity index (χ2n) is 3.57. The lowest BCUT2D eigenvalue weighted by atomic mass is 10.1. The lowest BCUT2D eigenvalue weighted by Gasteiger charge is -2.05. The Morgan fingerprint density at radius 2 is 1.88 bits per heavy atom. The molecule has 1 aromatic heterocycles. The van der Waals surface area contributed by atoms with Gasteiger partial charge in [0.2, 0.25) is 0 Å². The highest BCUT2D eigenvalue weighted by atomic mass is 19.1. The quantitative estimate of drug-likeness (QED) is 0.869. The van der Waals surface area contributed by atoms with E-state index in [1.807, 2.05) is 0 Å². The molecule has 0 saturated carbocycles. The van der Waals surface area contributed by atoms with Crippen LogP contribution in [0.4, 0.5) is 8.78 Å². The average Bonchev–Trinajstić information content (AvgIpc) is 2.27. The summed E-state index contributed by atoms with van der Waals surface area (Å²) in [6, 6.07) is 3.09. The van der Waals surface area contributed by atoms with Gasteiger partial charge in [0, 0.05) is 17.2 Å². The fourth-order valence-electron chi connectivity index (χ4n) is 1.70. The van der Waals surface area contributed by atoms with E-state index in [9.17, 15) is 13.6 Å². The molecule has 0 bridgehead atoms. The number of hydrogen-bond donors (Lipinski definition) is 1. The smallest absolute Gasteiger partial charge is 0.254 e. The van der Waals surface area contributed by atoms with Crippen LogP contribution in [0.15, 0.2) is 29.3 Å². The maximum atomic E-state index is 13.1. The van der Waals surface area contributed by atoms with Crippen molar-refractivity contribution in [3.63, 3.8) is 0 Å². The maximum Gasteiger partial charge on any atom is 0.254 e. The Morgan fingerprint density at radius 1 is 1.24 bits per heavy atom. The summed E-state index contributed by atoms with van der Waals surface area (Å²) >= 11 is 0. The van der Waals surface area contributed by atoms with Gasteiger partial charge >= 0.3 is 0 Å². The molecule has 0 fully saturated rings. The number of halogens is 2. The van der Waals surface area contributed by atoms with Crippen molar-refractivity contribution in [1.82, 2.24) is 9.97 Å². The number of rotatable bonds is 2. The standard InChI is InChI=1S/C12H10F2N2O/c1-2-10-11(15-6-16-12(10)17)7-3-8(13)5-9(14)4-7/h3-6H,2H2,1H3,(H,15,16,17). The van der Waals surface area contributed by atoms with Crippen molar-refractivity contribution in [1.29, 1.82) is 0 Å². The van der Waals surface area contributed by atoms with Crippen LogP contribution in [0, 0.1) is 11.6 Å². The van der Waals surface area contributed by atoms with Gasteiger partial charge in [-0.25, -0.2) is 13.8 Å². The van der Waals surface area contributed by atoms with Crippen LogP contribution in [-0.4, -0.2) is 9.97 Å². The van der Waals surface area contributed by atoms with Gasteiger partial charge in [0.1, 0.15) is 11.6 Å². The van der Waals surface area contributed by atoms with Crippen molar-refractivity contribution in [2.45, 2.75) is 13.3 Å². The molecule has 0 amide bonds. The SMILES string of the molecule is CCc1c(-c2cc(F)cc(F)c2)nc[nH]c1=O. The first-order chi connectivity index (χ1) is 8.11. The number of aromatic amines is 1. The van der Waals surface area contributed by atoms with E-state index in [1.54, 1.807) is 6.92 Å². The molecule has 0 atom stereocenters. The van der Waals surface area contributed by atoms with Gasteiger partial charge in [0.25, 0.3) is 5.56 Å². The molecule has 0 aliphatic carbocycles. The highest BCUT2D eigenvalue weighted by Gasteiger charge is 2.11. The zero-order chi connectivity index (χ0) is 12.4. The molecule has 0 aliphatic heterocycles. The maximum absolute atomic E-state index is 13.1. The Labute approximate surface area is 96.2 Å². The lowest BCUT2D eigenvalue weighted by molar-refractivity contribution is 0.584. The van der Waals surface area contributed by atoms with Crippen LogP contribution in [-0.2, 0) is 6.42 Å². The van der Waals surface area contributed by atoms with Crippen molar-refractivity contribution in [3.05, 3.63) is 52.1 Å². The Hall–Kier alpha value is -2.04. The van der Waals surface area contributed by atoms with Crippen molar-refractivity contribution in [2.75, 3.05) is 0 Å². The highest BCUT2D eigenvalue weighted by Crippen LogP contribution is 2.21. The monoisotopic (exact) mass is 236 g/mol. The largest absolute Gasteiger partial charge is 0.313 e. The number of H-pyrrole nitrogens is 1. The minimum absolute atomic E-state index is 0.269. The molecular formula is C12H10F2N2O. The van der Waals surface area contributed by atoms with E-state index in [2.05, 4.69) is 9.97 Å². The predicted octanol–water partition coefficient (Wildman–Crippen LogP) is 2.28. The molecule has 0 saturated heterocycles. The summed E-state index contributed by atoms with van der Waals surface area (Å²) in [5.41, 5.74) is 0.708. The van der Waals surface area contributed by atoms with Gasteiger partial charge in [-0.05, 0) is 18.6 Å². The lowest BCUT2D eigenvalue weighted by Crippen LogP contribution is -2.14. The van der Waals surface area contributed by atoms with Crippen LogP contribution in [0.5, 0.6) is 0 Å².